The van der Waals surface area contributed by atoms with Crippen LogP contribution in [-0.4, -0.2) is 22.3 Å². The van der Waals surface area contributed by atoms with Gasteiger partial charge >= 0.3 is 0 Å². The molecule has 0 saturated carbocycles. The Labute approximate surface area is 140 Å². The van der Waals surface area contributed by atoms with E-state index >= 15 is 0 Å². The van der Waals surface area contributed by atoms with E-state index in [2.05, 4.69) is 10.4 Å². The van der Waals surface area contributed by atoms with Gasteiger partial charge in [0, 0.05) is 12.6 Å². The number of aromatic nitrogens is 2. The Hall–Kier alpha value is -3.08. The maximum atomic E-state index is 12.4. The zero-order chi connectivity index (χ0) is 16.8. The number of nitrogens with zero attached hydrogens (tertiary/aromatic N) is 2. The second-order valence-corrected chi connectivity index (χ2v) is 5.22. The average Bonchev–Trinajstić information content (AvgIpc) is 3.06. The second kappa shape index (κ2) is 7.46. The molecule has 0 saturated heterocycles. The molecule has 0 unspecified atom stereocenters. The fourth-order valence-electron chi connectivity index (χ4n) is 2.35. The highest BCUT2D eigenvalue weighted by atomic mass is 16.5. The van der Waals surface area contributed by atoms with Gasteiger partial charge in [-0.2, -0.15) is 5.10 Å². The van der Waals surface area contributed by atoms with E-state index in [0.717, 1.165) is 11.3 Å². The summed E-state index contributed by atoms with van der Waals surface area (Å²) in [6, 6.07) is 21.0. The summed E-state index contributed by atoms with van der Waals surface area (Å²) in [6.45, 7) is 2.86. The van der Waals surface area contributed by atoms with Crippen molar-refractivity contribution in [3.05, 3.63) is 78.0 Å². The molecule has 0 radical (unpaired) electrons. The summed E-state index contributed by atoms with van der Waals surface area (Å²) in [5.74, 6) is 0.322. The zero-order valence-corrected chi connectivity index (χ0v) is 13.5. The number of rotatable bonds is 6. The highest BCUT2D eigenvalue weighted by Crippen LogP contribution is 2.19. The SMILES string of the molecule is CCOc1cc(C(=O)NCc2ccccc2)nn1-c1ccccc1. The Bertz CT molecular complexity index is 798. The van der Waals surface area contributed by atoms with Gasteiger partial charge in [-0.3, -0.25) is 4.79 Å². The van der Waals surface area contributed by atoms with Crippen LogP contribution in [0.2, 0.25) is 0 Å². The average molecular weight is 321 g/mol. The van der Waals surface area contributed by atoms with Crippen LogP contribution >= 0.6 is 0 Å². The molecule has 1 heterocycles. The van der Waals surface area contributed by atoms with Crippen molar-refractivity contribution in [1.82, 2.24) is 15.1 Å². The van der Waals surface area contributed by atoms with E-state index in [1.807, 2.05) is 67.6 Å². The summed E-state index contributed by atoms with van der Waals surface area (Å²) in [6.07, 6.45) is 0. The summed E-state index contributed by atoms with van der Waals surface area (Å²) < 4.78 is 7.25. The number of carbonyl (C=O) groups excluding carboxylic acids is 1. The lowest BCUT2D eigenvalue weighted by Gasteiger charge is -2.06. The van der Waals surface area contributed by atoms with Crippen LogP contribution in [0, 0.1) is 0 Å². The van der Waals surface area contributed by atoms with Crippen molar-refractivity contribution in [2.75, 3.05) is 6.61 Å². The first-order valence-corrected chi connectivity index (χ1v) is 7.88. The van der Waals surface area contributed by atoms with Crippen LogP contribution in [0.1, 0.15) is 23.0 Å². The third-order valence-electron chi connectivity index (χ3n) is 3.50. The third kappa shape index (κ3) is 3.63. The number of hydrogen-bond acceptors (Lipinski definition) is 3. The van der Waals surface area contributed by atoms with E-state index in [9.17, 15) is 4.79 Å². The lowest BCUT2D eigenvalue weighted by Crippen LogP contribution is -2.23. The zero-order valence-electron chi connectivity index (χ0n) is 13.5. The molecule has 0 aliphatic rings. The van der Waals surface area contributed by atoms with Crippen molar-refractivity contribution in [2.45, 2.75) is 13.5 Å². The number of benzene rings is 2. The normalized spacial score (nSPS) is 10.4. The number of para-hydroxylation sites is 1. The maximum absolute atomic E-state index is 12.4. The first-order chi connectivity index (χ1) is 11.8. The van der Waals surface area contributed by atoms with Crippen LogP contribution in [0.4, 0.5) is 0 Å². The van der Waals surface area contributed by atoms with Gasteiger partial charge in [0.2, 0.25) is 5.88 Å². The van der Waals surface area contributed by atoms with Crippen LogP contribution in [0.3, 0.4) is 0 Å². The van der Waals surface area contributed by atoms with E-state index in [1.165, 1.54) is 0 Å². The summed E-state index contributed by atoms with van der Waals surface area (Å²) in [7, 11) is 0. The monoisotopic (exact) mass is 321 g/mol. The molecule has 3 rings (SSSR count). The van der Waals surface area contributed by atoms with Gasteiger partial charge in [0.25, 0.3) is 5.91 Å². The van der Waals surface area contributed by atoms with Crippen molar-refractivity contribution >= 4 is 5.91 Å². The molecule has 0 bridgehead atoms. The van der Waals surface area contributed by atoms with E-state index in [4.69, 9.17) is 4.74 Å². The van der Waals surface area contributed by atoms with Crippen LogP contribution < -0.4 is 10.1 Å². The largest absolute Gasteiger partial charge is 0.478 e. The topological polar surface area (TPSA) is 56.1 Å². The summed E-state index contributed by atoms with van der Waals surface area (Å²) in [5.41, 5.74) is 2.22. The Balaban J connectivity index is 1.79. The number of ether oxygens (including phenoxy) is 1. The van der Waals surface area contributed by atoms with Crippen molar-refractivity contribution in [2.24, 2.45) is 0 Å². The molecular weight excluding hydrogens is 302 g/mol. The lowest BCUT2D eigenvalue weighted by molar-refractivity contribution is 0.0945. The highest BCUT2D eigenvalue weighted by Gasteiger charge is 2.16. The van der Waals surface area contributed by atoms with Gasteiger partial charge in [0.05, 0.1) is 12.3 Å². The van der Waals surface area contributed by atoms with Gasteiger partial charge in [-0.1, -0.05) is 48.5 Å². The molecule has 1 aromatic heterocycles. The molecule has 0 aliphatic carbocycles. The van der Waals surface area contributed by atoms with Gasteiger partial charge in [0.1, 0.15) is 0 Å². The summed E-state index contributed by atoms with van der Waals surface area (Å²) >= 11 is 0. The fraction of sp³-hybridized carbons (Fsp3) is 0.158. The Morgan fingerprint density at radius 2 is 1.75 bits per heavy atom. The number of hydrogen-bond donors (Lipinski definition) is 1. The molecule has 0 fully saturated rings. The fourth-order valence-corrected chi connectivity index (χ4v) is 2.35. The quantitative estimate of drug-likeness (QED) is 0.758. The van der Waals surface area contributed by atoms with E-state index in [-0.39, 0.29) is 5.91 Å². The molecule has 122 valence electrons. The van der Waals surface area contributed by atoms with E-state index in [1.54, 1.807) is 10.7 Å². The van der Waals surface area contributed by atoms with E-state index in [0.29, 0.717) is 24.7 Å². The molecule has 2 aromatic carbocycles. The molecule has 0 atom stereocenters. The molecule has 1 N–H and O–H groups in total. The smallest absolute Gasteiger partial charge is 0.272 e. The van der Waals surface area contributed by atoms with Crippen LogP contribution in [0.15, 0.2) is 66.7 Å². The minimum atomic E-state index is -0.227. The maximum Gasteiger partial charge on any atom is 0.272 e. The highest BCUT2D eigenvalue weighted by molar-refractivity contribution is 5.92. The van der Waals surface area contributed by atoms with Gasteiger partial charge in [0.15, 0.2) is 5.69 Å². The van der Waals surface area contributed by atoms with Crippen LogP contribution in [0.5, 0.6) is 5.88 Å². The second-order valence-electron chi connectivity index (χ2n) is 5.22. The number of nitrogens with one attached hydrogen (secondary N) is 1. The molecule has 5 heteroatoms. The molecule has 24 heavy (non-hydrogen) atoms. The van der Waals surface area contributed by atoms with Crippen LogP contribution in [-0.2, 0) is 6.54 Å². The number of amides is 1. The van der Waals surface area contributed by atoms with Crippen molar-refractivity contribution in [3.63, 3.8) is 0 Å². The first kappa shape index (κ1) is 15.8. The molecule has 5 nitrogen and oxygen atoms in total. The van der Waals surface area contributed by atoms with E-state index < -0.39 is 0 Å². The Morgan fingerprint density at radius 1 is 1.08 bits per heavy atom. The minimum absolute atomic E-state index is 0.227. The van der Waals surface area contributed by atoms with Gasteiger partial charge in [-0.25, -0.2) is 4.68 Å². The lowest BCUT2D eigenvalue weighted by atomic mass is 10.2. The van der Waals surface area contributed by atoms with Crippen molar-refractivity contribution < 1.29 is 9.53 Å². The molecule has 1 amide bonds. The first-order valence-electron chi connectivity index (χ1n) is 7.88. The van der Waals surface area contributed by atoms with Gasteiger partial charge in [-0.05, 0) is 24.6 Å². The van der Waals surface area contributed by atoms with Gasteiger partial charge < -0.3 is 10.1 Å². The van der Waals surface area contributed by atoms with Crippen molar-refractivity contribution in [3.8, 4) is 11.6 Å². The predicted molar refractivity (Wildman–Crippen MR) is 92.3 cm³/mol. The summed E-state index contributed by atoms with van der Waals surface area (Å²) in [4.78, 5) is 12.4. The van der Waals surface area contributed by atoms with Gasteiger partial charge in [-0.15, -0.1) is 0 Å². The predicted octanol–water partition coefficient (Wildman–Crippen LogP) is 3.20. The number of carbonyl (C=O) groups is 1. The third-order valence-corrected chi connectivity index (χ3v) is 3.50. The standard InChI is InChI=1S/C19H19N3O2/c1-2-24-18-13-17(21-22(18)16-11-7-4-8-12-16)19(23)20-14-15-9-5-3-6-10-15/h3-13H,2,14H2,1H3,(H,20,23). The Morgan fingerprint density at radius 3 is 2.42 bits per heavy atom. The Kier molecular flexibility index (Phi) is 4.91. The molecule has 0 aliphatic heterocycles. The minimum Gasteiger partial charge on any atom is -0.478 e. The molecule has 3 aromatic rings. The molecular formula is C19H19N3O2. The van der Waals surface area contributed by atoms with Crippen LogP contribution in [0.25, 0.3) is 5.69 Å². The molecule has 0 spiro atoms. The summed E-state index contributed by atoms with van der Waals surface area (Å²) in [5, 5.41) is 7.27. The van der Waals surface area contributed by atoms with Crippen molar-refractivity contribution in [1.29, 1.82) is 0 Å².